The SMILES string of the molecule is CC(C)(C)c1cc2c3nc4c(nc3n3c5ccc6ccccc6c5c(c1)c23)c1cc(C(C)(C)C)cc2c3cc5ccccc5c(-c5ccc6c(c5)c5ccccc5n6-c5ccccc5)c3n4c21. The van der Waals surface area contributed by atoms with Crippen molar-refractivity contribution in [3.63, 3.8) is 0 Å². The van der Waals surface area contributed by atoms with Crippen molar-refractivity contribution in [1.29, 1.82) is 0 Å². The first-order valence-corrected chi connectivity index (χ1v) is 23.6. The third-order valence-corrected chi connectivity index (χ3v) is 15.1. The molecular weight excluding hydrogens is 815 g/mol. The van der Waals surface area contributed by atoms with Crippen molar-refractivity contribution < 1.29 is 0 Å². The number of rotatable bonds is 2. The second-order valence-electron chi connectivity index (χ2n) is 21.0. The molecule has 6 aromatic heterocycles. The van der Waals surface area contributed by atoms with Crippen LogP contribution in [0.2, 0.25) is 0 Å². The first kappa shape index (κ1) is 37.2. The molecule has 0 unspecified atom stereocenters. The van der Waals surface area contributed by atoms with Crippen LogP contribution < -0.4 is 0 Å². The summed E-state index contributed by atoms with van der Waals surface area (Å²) in [5.41, 5.74) is 16.7. The van der Waals surface area contributed by atoms with Crippen LogP contribution in [0, 0.1) is 0 Å². The molecule has 0 bridgehead atoms. The van der Waals surface area contributed by atoms with Gasteiger partial charge in [-0.1, -0.05) is 139 Å². The molecule has 0 spiro atoms. The van der Waals surface area contributed by atoms with Crippen LogP contribution in [0.3, 0.4) is 0 Å². The fourth-order valence-corrected chi connectivity index (χ4v) is 11.9. The van der Waals surface area contributed by atoms with Gasteiger partial charge in [-0.3, -0.25) is 8.80 Å². The lowest BCUT2D eigenvalue weighted by Crippen LogP contribution is -2.10. The van der Waals surface area contributed by atoms with Crippen LogP contribution in [0.4, 0.5) is 0 Å². The molecule has 0 atom stereocenters. The molecule has 6 heterocycles. The Morgan fingerprint density at radius 1 is 0.373 bits per heavy atom. The van der Waals surface area contributed by atoms with Crippen LogP contribution in [0.15, 0.2) is 164 Å². The molecule has 318 valence electrons. The normalized spacial score (nSPS) is 13.2. The molecule has 5 nitrogen and oxygen atoms in total. The minimum atomic E-state index is -0.104. The molecule has 15 rings (SSSR count). The van der Waals surface area contributed by atoms with Crippen molar-refractivity contribution in [3.05, 3.63) is 175 Å². The lowest BCUT2D eigenvalue weighted by atomic mass is 9.85. The molecule has 0 aliphatic heterocycles. The number of nitrogens with zero attached hydrogens (tertiary/aromatic N) is 5. The minimum absolute atomic E-state index is 0.0799. The van der Waals surface area contributed by atoms with Crippen molar-refractivity contribution >= 4 is 120 Å². The zero-order chi connectivity index (χ0) is 44.8. The van der Waals surface area contributed by atoms with Crippen LogP contribution in [-0.2, 0) is 10.8 Å². The first-order valence-electron chi connectivity index (χ1n) is 23.6. The average molecular weight is 860 g/mol. The fraction of sp³-hybridized carbons (Fsp3) is 0.129. The van der Waals surface area contributed by atoms with E-state index in [2.05, 4.69) is 219 Å². The molecule has 9 aromatic carbocycles. The number of aromatic nitrogens is 5. The van der Waals surface area contributed by atoms with E-state index in [4.69, 9.17) is 9.97 Å². The Bertz CT molecular complexity index is 4620. The maximum Gasteiger partial charge on any atom is 0.165 e. The van der Waals surface area contributed by atoms with Gasteiger partial charge in [-0.05, 0) is 116 Å². The molecule has 0 aliphatic rings. The van der Waals surface area contributed by atoms with Gasteiger partial charge in [-0.2, -0.15) is 0 Å². The van der Waals surface area contributed by atoms with Crippen molar-refractivity contribution in [2.75, 3.05) is 0 Å². The lowest BCUT2D eigenvalue weighted by Gasteiger charge is -2.19. The lowest BCUT2D eigenvalue weighted by molar-refractivity contribution is 0.591. The van der Waals surface area contributed by atoms with Crippen LogP contribution >= 0.6 is 0 Å². The van der Waals surface area contributed by atoms with Crippen LogP contribution in [0.25, 0.3) is 137 Å². The fourth-order valence-electron chi connectivity index (χ4n) is 11.9. The molecule has 0 amide bonds. The summed E-state index contributed by atoms with van der Waals surface area (Å²) in [5.74, 6) is 0. The first-order chi connectivity index (χ1) is 32.5. The summed E-state index contributed by atoms with van der Waals surface area (Å²) >= 11 is 0. The second kappa shape index (κ2) is 12.4. The van der Waals surface area contributed by atoms with E-state index in [1.807, 2.05) is 0 Å². The van der Waals surface area contributed by atoms with Crippen LogP contribution in [0.1, 0.15) is 52.7 Å². The summed E-state index contributed by atoms with van der Waals surface area (Å²) in [7, 11) is 0. The quantitative estimate of drug-likeness (QED) is 0.174. The topological polar surface area (TPSA) is 39.5 Å². The predicted octanol–water partition coefficient (Wildman–Crippen LogP) is 16.4. The van der Waals surface area contributed by atoms with Crippen LogP contribution in [0.5, 0.6) is 0 Å². The van der Waals surface area contributed by atoms with Crippen molar-refractivity contribution in [1.82, 2.24) is 23.3 Å². The highest BCUT2D eigenvalue weighted by Gasteiger charge is 2.30. The largest absolute Gasteiger partial charge is 0.309 e. The van der Waals surface area contributed by atoms with E-state index in [9.17, 15) is 0 Å². The van der Waals surface area contributed by atoms with E-state index in [0.717, 1.165) is 38.8 Å². The molecule has 0 N–H and O–H groups in total. The number of hydrogen-bond donors (Lipinski definition) is 0. The Morgan fingerprint density at radius 2 is 0.925 bits per heavy atom. The number of para-hydroxylation sites is 2. The van der Waals surface area contributed by atoms with Gasteiger partial charge in [0.05, 0.1) is 33.1 Å². The zero-order valence-corrected chi connectivity index (χ0v) is 38.3. The number of hydrogen-bond acceptors (Lipinski definition) is 2. The third-order valence-electron chi connectivity index (χ3n) is 15.1. The van der Waals surface area contributed by atoms with Gasteiger partial charge in [-0.25, -0.2) is 9.97 Å². The maximum absolute atomic E-state index is 5.91. The Hall–Kier alpha value is -8.02. The Balaban J connectivity index is 1.13. The van der Waals surface area contributed by atoms with Crippen molar-refractivity contribution in [2.24, 2.45) is 0 Å². The molecule has 0 saturated heterocycles. The van der Waals surface area contributed by atoms with Crippen molar-refractivity contribution in [2.45, 2.75) is 52.4 Å². The predicted molar refractivity (Wildman–Crippen MR) is 284 cm³/mol. The van der Waals surface area contributed by atoms with Crippen molar-refractivity contribution in [3.8, 4) is 16.8 Å². The van der Waals surface area contributed by atoms with Gasteiger partial charge in [0, 0.05) is 54.3 Å². The van der Waals surface area contributed by atoms with Gasteiger partial charge in [0.15, 0.2) is 11.3 Å². The summed E-state index contributed by atoms with van der Waals surface area (Å²) in [6.45, 7) is 13.9. The smallest absolute Gasteiger partial charge is 0.165 e. The van der Waals surface area contributed by atoms with E-state index in [0.29, 0.717) is 0 Å². The van der Waals surface area contributed by atoms with Gasteiger partial charge in [0.2, 0.25) is 0 Å². The Labute approximate surface area is 385 Å². The second-order valence-corrected chi connectivity index (χ2v) is 21.0. The average Bonchev–Trinajstić information content (AvgIpc) is 4.12. The molecule has 15 aromatic rings. The molecule has 0 aliphatic carbocycles. The molecular formula is C62H45N5. The molecule has 0 radical (unpaired) electrons. The van der Waals surface area contributed by atoms with E-state index in [-0.39, 0.29) is 10.8 Å². The standard InChI is InChI=1S/C62H45N5/c1-61(2,3)37-30-45-44-28-35-17-11-13-21-41(35)52(36-25-26-50-43(29-36)42-22-14-15-23-49(42)65(50)39-18-8-7-9-19-39)58(44)67-56(45)47(32-37)55-60(67)64-54-48-33-38(62(4,5)6)31-46-53-40-20-12-10-16-34(40)24-27-51(53)66(57(46)48)59(54)63-55/h7-33H,1-6H3. The van der Waals surface area contributed by atoms with E-state index in [1.54, 1.807) is 0 Å². The maximum atomic E-state index is 5.91. The summed E-state index contributed by atoms with van der Waals surface area (Å²) in [5, 5.41) is 14.7. The summed E-state index contributed by atoms with van der Waals surface area (Å²) in [6.07, 6.45) is 0. The van der Waals surface area contributed by atoms with Gasteiger partial charge in [-0.15, -0.1) is 0 Å². The summed E-state index contributed by atoms with van der Waals surface area (Å²) in [4.78, 5) is 11.8. The Kier molecular flexibility index (Phi) is 6.92. The van der Waals surface area contributed by atoms with Gasteiger partial charge < -0.3 is 4.57 Å². The zero-order valence-electron chi connectivity index (χ0n) is 38.3. The van der Waals surface area contributed by atoms with Crippen LogP contribution in [-0.4, -0.2) is 23.3 Å². The highest BCUT2D eigenvalue weighted by atomic mass is 15.1. The van der Waals surface area contributed by atoms with Gasteiger partial charge in [0.1, 0.15) is 11.0 Å². The molecule has 5 heteroatoms. The monoisotopic (exact) mass is 859 g/mol. The molecule has 0 fully saturated rings. The van der Waals surface area contributed by atoms with E-state index < -0.39 is 0 Å². The van der Waals surface area contributed by atoms with Gasteiger partial charge in [0.25, 0.3) is 0 Å². The summed E-state index contributed by atoms with van der Waals surface area (Å²) < 4.78 is 7.30. The minimum Gasteiger partial charge on any atom is -0.309 e. The molecule has 67 heavy (non-hydrogen) atoms. The highest BCUT2D eigenvalue weighted by molar-refractivity contribution is 6.31. The Morgan fingerprint density at radius 3 is 1.66 bits per heavy atom. The van der Waals surface area contributed by atoms with E-state index in [1.165, 1.54) is 109 Å². The summed E-state index contributed by atoms with van der Waals surface area (Å²) in [6, 6.07) is 61.1. The van der Waals surface area contributed by atoms with E-state index >= 15 is 0 Å². The molecule has 0 saturated carbocycles. The number of fused-ring (bicyclic) bond motifs is 18. The third kappa shape index (κ3) is 4.78. The van der Waals surface area contributed by atoms with Gasteiger partial charge >= 0.3 is 0 Å². The highest BCUT2D eigenvalue weighted by Crippen LogP contribution is 2.49. The number of benzene rings is 9.